The fourth-order valence-electron chi connectivity index (χ4n) is 2.83. The summed E-state index contributed by atoms with van der Waals surface area (Å²) in [4.78, 5) is 25.6. The van der Waals surface area contributed by atoms with Crippen molar-refractivity contribution < 1.29 is 18.7 Å². The molecule has 1 aliphatic rings. The average Bonchev–Trinajstić information content (AvgIpc) is 2.61. The van der Waals surface area contributed by atoms with E-state index in [-0.39, 0.29) is 23.7 Å². The number of amides is 2. The quantitative estimate of drug-likeness (QED) is 0.933. The van der Waals surface area contributed by atoms with Gasteiger partial charge in [0, 0.05) is 24.7 Å². The summed E-state index contributed by atoms with van der Waals surface area (Å²) in [5, 5.41) is 2.67. The number of hydrogen-bond donors (Lipinski definition) is 1. The third-order valence-corrected chi connectivity index (χ3v) is 4.03. The third-order valence-electron chi connectivity index (χ3n) is 4.03. The molecule has 0 aromatic heterocycles. The topological polar surface area (TPSA) is 58.6 Å². The van der Waals surface area contributed by atoms with Crippen LogP contribution in [0.5, 0.6) is 0 Å². The number of rotatable bonds is 3. The van der Waals surface area contributed by atoms with Crippen molar-refractivity contribution in [2.24, 2.45) is 0 Å². The van der Waals surface area contributed by atoms with Crippen molar-refractivity contribution in [2.45, 2.75) is 13.0 Å². The molecule has 1 aliphatic heterocycles. The number of hydrogen-bond acceptors (Lipinski definition) is 3. The number of nitrogens with one attached hydrogen (secondary N) is 1. The van der Waals surface area contributed by atoms with Crippen LogP contribution in [0.1, 0.15) is 28.9 Å². The fourth-order valence-corrected chi connectivity index (χ4v) is 2.83. The highest BCUT2D eigenvalue weighted by Gasteiger charge is 2.26. The number of carbonyl (C=O) groups is 2. The molecule has 2 amide bonds. The number of benzene rings is 2. The second-order valence-electron chi connectivity index (χ2n) is 5.92. The van der Waals surface area contributed by atoms with Crippen LogP contribution in [0.25, 0.3) is 0 Å². The molecule has 2 aromatic rings. The maximum Gasteiger partial charge on any atom is 0.254 e. The van der Waals surface area contributed by atoms with Crippen LogP contribution in [0.2, 0.25) is 0 Å². The molecular formula is C19H19FN2O3. The lowest BCUT2D eigenvalue weighted by Gasteiger charge is -2.33. The highest BCUT2D eigenvalue weighted by molar-refractivity contribution is 5.96. The Morgan fingerprint density at radius 3 is 2.68 bits per heavy atom. The number of ether oxygens (including phenoxy) is 1. The lowest BCUT2D eigenvalue weighted by molar-refractivity contribution is -0.114. The summed E-state index contributed by atoms with van der Waals surface area (Å²) in [6.45, 7) is 2.72. The van der Waals surface area contributed by atoms with E-state index >= 15 is 0 Å². The van der Waals surface area contributed by atoms with Crippen LogP contribution in [-0.2, 0) is 9.53 Å². The molecule has 130 valence electrons. The summed E-state index contributed by atoms with van der Waals surface area (Å²) in [6.07, 6.45) is -0.281. The van der Waals surface area contributed by atoms with E-state index in [0.717, 1.165) is 5.56 Å². The Hall–Kier alpha value is -2.73. The second kappa shape index (κ2) is 7.44. The van der Waals surface area contributed by atoms with E-state index in [1.165, 1.54) is 19.1 Å². The van der Waals surface area contributed by atoms with Gasteiger partial charge in [0.15, 0.2) is 0 Å². The first-order chi connectivity index (χ1) is 12.0. The zero-order valence-electron chi connectivity index (χ0n) is 13.9. The van der Waals surface area contributed by atoms with Gasteiger partial charge in [-0.3, -0.25) is 9.59 Å². The molecule has 1 fully saturated rings. The number of nitrogens with zero attached hydrogens (tertiary/aromatic N) is 1. The highest BCUT2D eigenvalue weighted by atomic mass is 19.1. The molecule has 0 radical (unpaired) electrons. The van der Waals surface area contributed by atoms with Gasteiger partial charge in [-0.25, -0.2) is 4.39 Å². The molecule has 1 saturated heterocycles. The molecule has 2 aromatic carbocycles. The Morgan fingerprint density at radius 2 is 1.96 bits per heavy atom. The summed E-state index contributed by atoms with van der Waals surface area (Å²) >= 11 is 0. The van der Waals surface area contributed by atoms with Crippen molar-refractivity contribution in [3.05, 3.63) is 65.5 Å². The Kier molecular flexibility index (Phi) is 5.09. The van der Waals surface area contributed by atoms with E-state index in [9.17, 15) is 14.0 Å². The number of halogens is 1. The van der Waals surface area contributed by atoms with Crippen molar-refractivity contribution in [2.75, 3.05) is 25.0 Å². The predicted molar refractivity (Wildman–Crippen MR) is 91.7 cm³/mol. The summed E-state index contributed by atoms with van der Waals surface area (Å²) < 4.78 is 18.8. The number of anilines is 1. The van der Waals surface area contributed by atoms with E-state index in [2.05, 4.69) is 5.32 Å². The zero-order valence-corrected chi connectivity index (χ0v) is 13.9. The van der Waals surface area contributed by atoms with Crippen molar-refractivity contribution in [3.63, 3.8) is 0 Å². The van der Waals surface area contributed by atoms with E-state index < -0.39 is 0 Å². The smallest absolute Gasteiger partial charge is 0.254 e. The first kappa shape index (κ1) is 17.1. The summed E-state index contributed by atoms with van der Waals surface area (Å²) in [5.41, 5.74) is 1.93. The van der Waals surface area contributed by atoms with Crippen LogP contribution in [0.15, 0.2) is 48.5 Å². The van der Waals surface area contributed by atoms with Gasteiger partial charge < -0.3 is 15.0 Å². The third kappa shape index (κ3) is 4.22. The number of carbonyl (C=O) groups excluding carboxylic acids is 2. The molecule has 0 aliphatic carbocycles. The van der Waals surface area contributed by atoms with Gasteiger partial charge in [0.2, 0.25) is 5.91 Å². The first-order valence-electron chi connectivity index (χ1n) is 8.07. The molecule has 1 N–H and O–H groups in total. The Morgan fingerprint density at radius 1 is 1.20 bits per heavy atom. The van der Waals surface area contributed by atoms with Gasteiger partial charge in [-0.15, -0.1) is 0 Å². The minimum atomic E-state index is -0.303. The lowest BCUT2D eigenvalue weighted by Crippen LogP contribution is -2.42. The molecule has 0 spiro atoms. The molecule has 1 atom stereocenters. The Bertz CT molecular complexity index is 776. The minimum absolute atomic E-state index is 0.123. The molecule has 25 heavy (non-hydrogen) atoms. The SMILES string of the molecule is CC(=O)Nc1cccc(C(=O)N2CCOC(c3ccc(F)cc3)C2)c1. The minimum Gasteiger partial charge on any atom is -0.370 e. The maximum absolute atomic E-state index is 13.1. The van der Waals surface area contributed by atoms with Crippen LogP contribution in [0.4, 0.5) is 10.1 Å². The van der Waals surface area contributed by atoms with Crippen molar-refractivity contribution in [1.29, 1.82) is 0 Å². The van der Waals surface area contributed by atoms with Crippen LogP contribution < -0.4 is 5.32 Å². The highest BCUT2D eigenvalue weighted by Crippen LogP contribution is 2.24. The summed E-state index contributed by atoms with van der Waals surface area (Å²) in [5.74, 6) is -0.614. The standard InChI is InChI=1S/C19H19FN2O3/c1-13(23)21-17-4-2-3-15(11-17)19(24)22-9-10-25-18(12-22)14-5-7-16(20)8-6-14/h2-8,11,18H,9-10,12H2,1H3,(H,21,23). The van der Waals surface area contributed by atoms with Gasteiger partial charge in [-0.1, -0.05) is 18.2 Å². The van der Waals surface area contributed by atoms with Gasteiger partial charge in [0.05, 0.1) is 13.2 Å². The largest absolute Gasteiger partial charge is 0.370 e. The first-order valence-corrected chi connectivity index (χ1v) is 8.07. The summed E-state index contributed by atoms with van der Waals surface area (Å²) in [6, 6.07) is 13.0. The Balaban J connectivity index is 1.73. The predicted octanol–water partition coefficient (Wildman–Crippen LogP) is 3.00. The lowest BCUT2D eigenvalue weighted by atomic mass is 10.1. The average molecular weight is 342 g/mol. The zero-order chi connectivity index (χ0) is 17.8. The van der Waals surface area contributed by atoms with Gasteiger partial charge >= 0.3 is 0 Å². The Labute approximate surface area is 145 Å². The molecule has 6 heteroatoms. The normalized spacial score (nSPS) is 17.2. The van der Waals surface area contributed by atoms with Crippen LogP contribution in [0, 0.1) is 5.82 Å². The maximum atomic E-state index is 13.1. The molecule has 3 rings (SSSR count). The van der Waals surface area contributed by atoms with Crippen molar-refractivity contribution in [3.8, 4) is 0 Å². The van der Waals surface area contributed by atoms with E-state index in [4.69, 9.17) is 4.74 Å². The van der Waals surface area contributed by atoms with Gasteiger partial charge in [0.25, 0.3) is 5.91 Å². The number of morpholine rings is 1. The summed E-state index contributed by atoms with van der Waals surface area (Å²) in [7, 11) is 0. The van der Waals surface area contributed by atoms with Gasteiger partial charge in [0.1, 0.15) is 11.9 Å². The van der Waals surface area contributed by atoms with E-state index in [1.54, 1.807) is 41.3 Å². The molecular weight excluding hydrogens is 323 g/mol. The van der Waals surface area contributed by atoms with Gasteiger partial charge in [-0.05, 0) is 35.9 Å². The van der Waals surface area contributed by atoms with E-state index in [0.29, 0.717) is 30.9 Å². The molecule has 0 bridgehead atoms. The van der Waals surface area contributed by atoms with Crippen molar-refractivity contribution >= 4 is 17.5 Å². The molecule has 1 heterocycles. The van der Waals surface area contributed by atoms with Crippen molar-refractivity contribution in [1.82, 2.24) is 4.90 Å². The monoisotopic (exact) mass is 342 g/mol. The molecule has 1 unspecified atom stereocenters. The van der Waals surface area contributed by atoms with Gasteiger partial charge in [-0.2, -0.15) is 0 Å². The van der Waals surface area contributed by atoms with Crippen LogP contribution in [0.3, 0.4) is 0 Å². The van der Waals surface area contributed by atoms with Crippen LogP contribution in [-0.4, -0.2) is 36.4 Å². The second-order valence-corrected chi connectivity index (χ2v) is 5.92. The molecule has 5 nitrogen and oxygen atoms in total. The van der Waals surface area contributed by atoms with E-state index in [1.807, 2.05) is 0 Å². The fraction of sp³-hybridized carbons (Fsp3) is 0.263. The van der Waals surface area contributed by atoms with Crippen LogP contribution >= 0.6 is 0 Å². The molecule has 0 saturated carbocycles.